The number of nitrogens with zero attached hydrogens (tertiary/aromatic N) is 1. The Morgan fingerprint density at radius 3 is 2.79 bits per heavy atom. The minimum Gasteiger partial charge on any atom is -0.359 e. The topological polar surface area (TPSA) is 46.1 Å². The molecule has 1 rings (SSSR count). The maximum absolute atomic E-state index is 11.2. The molecule has 1 amide bonds. The van der Waals surface area contributed by atoms with Crippen LogP contribution in [0.15, 0.2) is 18.5 Å². The van der Waals surface area contributed by atoms with E-state index in [1.807, 2.05) is 0 Å². The fraction of sp³-hybridized carbons (Fsp3) is 0.667. The average Bonchev–Trinajstić information content (AvgIpc) is 2.89. The molecule has 108 valence electrons. The molecule has 0 spiro atoms. The minimum absolute atomic E-state index is 0.0875. The fourth-order valence-corrected chi connectivity index (χ4v) is 2.15. The fourth-order valence-electron chi connectivity index (χ4n) is 2.15. The second kappa shape index (κ2) is 8.75. The zero-order valence-corrected chi connectivity index (χ0v) is 12.4. The molecular weight excluding hydrogens is 238 g/mol. The summed E-state index contributed by atoms with van der Waals surface area (Å²) in [5.41, 5.74) is 1.33. The van der Waals surface area contributed by atoms with Crippen molar-refractivity contribution < 1.29 is 4.79 Å². The Morgan fingerprint density at radius 2 is 2.16 bits per heavy atom. The van der Waals surface area contributed by atoms with E-state index in [-0.39, 0.29) is 5.91 Å². The number of hydrogen-bond acceptors (Lipinski definition) is 2. The van der Waals surface area contributed by atoms with Crippen LogP contribution >= 0.6 is 0 Å². The van der Waals surface area contributed by atoms with Crippen LogP contribution in [0.2, 0.25) is 0 Å². The number of nitrogens with one attached hydrogen (secondary N) is 2. The highest BCUT2D eigenvalue weighted by atomic mass is 16.1. The Bertz CT molecular complexity index is 373. The van der Waals surface area contributed by atoms with Gasteiger partial charge in [0.1, 0.15) is 0 Å². The van der Waals surface area contributed by atoms with E-state index in [9.17, 15) is 4.79 Å². The smallest absolute Gasteiger partial charge is 0.221 e. The van der Waals surface area contributed by atoms with Crippen LogP contribution in [0.25, 0.3) is 0 Å². The van der Waals surface area contributed by atoms with Gasteiger partial charge in [0.25, 0.3) is 0 Å². The first-order chi connectivity index (χ1) is 9.21. The SMILES string of the molecule is CCCNC(CCC)c1ccn(CCC(=O)NC)c1. The Balaban J connectivity index is 2.56. The normalized spacial score (nSPS) is 12.4. The van der Waals surface area contributed by atoms with Gasteiger partial charge in [0.2, 0.25) is 5.91 Å². The lowest BCUT2D eigenvalue weighted by atomic mass is 10.1. The van der Waals surface area contributed by atoms with E-state index in [4.69, 9.17) is 0 Å². The number of rotatable bonds is 9. The van der Waals surface area contributed by atoms with Crippen molar-refractivity contribution in [3.63, 3.8) is 0 Å². The summed E-state index contributed by atoms with van der Waals surface area (Å²) >= 11 is 0. The summed E-state index contributed by atoms with van der Waals surface area (Å²) in [6, 6.07) is 2.60. The maximum Gasteiger partial charge on any atom is 0.221 e. The quantitative estimate of drug-likeness (QED) is 0.720. The predicted octanol–water partition coefficient (Wildman–Crippen LogP) is 2.46. The summed E-state index contributed by atoms with van der Waals surface area (Å²) in [6.07, 6.45) is 8.23. The summed E-state index contributed by atoms with van der Waals surface area (Å²) in [5, 5.41) is 6.23. The van der Waals surface area contributed by atoms with Crippen LogP contribution in [0.4, 0.5) is 0 Å². The molecule has 4 nitrogen and oxygen atoms in total. The number of carbonyl (C=O) groups excluding carboxylic acids is 1. The third-order valence-corrected chi connectivity index (χ3v) is 3.27. The summed E-state index contributed by atoms with van der Waals surface area (Å²) < 4.78 is 2.10. The van der Waals surface area contributed by atoms with E-state index >= 15 is 0 Å². The van der Waals surface area contributed by atoms with Gasteiger partial charge >= 0.3 is 0 Å². The van der Waals surface area contributed by atoms with E-state index in [0.29, 0.717) is 12.5 Å². The van der Waals surface area contributed by atoms with Crippen LogP contribution in [0, 0.1) is 0 Å². The van der Waals surface area contributed by atoms with Crippen molar-refractivity contribution in [3.05, 3.63) is 24.0 Å². The van der Waals surface area contributed by atoms with Gasteiger partial charge in [-0.1, -0.05) is 20.3 Å². The predicted molar refractivity (Wildman–Crippen MR) is 79.1 cm³/mol. The summed E-state index contributed by atoms with van der Waals surface area (Å²) in [4.78, 5) is 11.2. The van der Waals surface area contributed by atoms with E-state index < -0.39 is 0 Å². The van der Waals surface area contributed by atoms with Gasteiger partial charge in [0.15, 0.2) is 0 Å². The lowest BCUT2D eigenvalue weighted by molar-refractivity contribution is -0.120. The summed E-state index contributed by atoms with van der Waals surface area (Å²) in [5.74, 6) is 0.0875. The highest BCUT2D eigenvalue weighted by Gasteiger charge is 2.11. The Labute approximate surface area is 116 Å². The van der Waals surface area contributed by atoms with Crippen molar-refractivity contribution in [1.82, 2.24) is 15.2 Å². The minimum atomic E-state index is 0.0875. The second-order valence-electron chi connectivity index (χ2n) is 4.90. The lowest BCUT2D eigenvalue weighted by Crippen LogP contribution is -2.21. The van der Waals surface area contributed by atoms with Gasteiger partial charge in [-0.25, -0.2) is 0 Å². The first-order valence-corrected chi connectivity index (χ1v) is 7.30. The molecule has 0 fully saturated rings. The Kier molecular flexibility index (Phi) is 7.26. The monoisotopic (exact) mass is 265 g/mol. The highest BCUT2D eigenvalue weighted by molar-refractivity contribution is 5.75. The van der Waals surface area contributed by atoms with E-state index in [1.165, 1.54) is 12.0 Å². The first kappa shape index (κ1) is 15.8. The molecule has 0 aliphatic carbocycles. The van der Waals surface area contributed by atoms with Gasteiger partial charge in [-0.2, -0.15) is 0 Å². The molecular formula is C15H27N3O. The second-order valence-corrected chi connectivity index (χ2v) is 4.90. The molecule has 0 saturated heterocycles. The van der Waals surface area contributed by atoms with E-state index in [0.717, 1.165) is 25.9 Å². The van der Waals surface area contributed by atoms with Crippen LogP contribution in [0.1, 0.15) is 51.1 Å². The maximum atomic E-state index is 11.2. The number of aryl methyl sites for hydroxylation is 1. The molecule has 2 N–H and O–H groups in total. The molecule has 1 aromatic heterocycles. The van der Waals surface area contributed by atoms with Crippen molar-refractivity contribution in [3.8, 4) is 0 Å². The third-order valence-electron chi connectivity index (χ3n) is 3.27. The Hall–Kier alpha value is -1.29. The van der Waals surface area contributed by atoms with E-state index in [1.54, 1.807) is 7.05 Å². The molecule has 4 heteroatoms. The van der Waals surface area contributed by atoms with Gasteiger partial charge in [-0.05, 0) is 31.0 Å². The van der Waals surface area contributed by atoms with Crippen LogP contribution in [0.3, 0.4) is 0 Å². The number of carbonyl (C=O) groups is 1. The van der Waals surface area contributed by atoms with Crippen molar-refractivity contribution in [1.29, 1.82) is 0 Å². The van der Waals surface area contributed by atoms with Crippen LogP contribution in [-0.4, -0.2) is 24.1 Å². The van der Waals surface area contributed by atoms with Gasteiger partial charge < -0.3 is 15.2 Å². The molecule has 1 heterocycles. The molecule has 0 bridgehead atoms. The molecule has 1 atom stereocenters. The molecule has 0 radical (unpaired) electrons. The zero-order chi connectivity index (χ0) is 14.1. The van der Waals surface area contributed by atoms with Crippen LogP contribution in [-0.2, 0) is 11.3 Å². The zero-order valence-electron chi connectivity index (χ0n) is 12.4. The summed E-state index contributed by atoms with van der Waals surface area (Å²) in [7, 11) is 1.68. The molecule has 1 aromatic rings. The van der Waals surface area contributed by atoms with Crippen molar-refractivity contribution >= 4 is 5.91 Å². The Morgan fingerprint density at radius 1 is 1.37 bits per heavy atom. The highest BCUT2D eigenvalue weighted by Crippen LogP contribution is 2.19. The van der Waals surface area contributed by atoms with Crippen LogP contribution in [0.5, 0.6) is 0 Å². The van der Waals surface area contributed by atoms with Gasteiger partial charge in [0.05, 0.1) is 0 Å². The lowest BCUT2D eigenvalue weighted by Gasteiger charge is -2.16. The standard InChI is InChI=1S/C15H27N3O/c1-4-6-14(17-9-5-2)13-7-10-18(12-13)11-8-15(19)16-3/h7,10,12,14,17H,4-6,8-9,11H2,1-3H3,(H,16,19). The molecule has 0 aromatic carbocycles. The van der Waals surface area contributed by atoms with Gasteiger partial charge in [0, 0.05) is 38.4 Å². The molecule has 1 unspecified atom stereocenters. The van der Waals surface area contributed by atoms with Crippen molar-refractivity contribution in [2.45, 2.75) is 52.1 Å². The number of aromatic nitrogens is 1. The molecule has 0 saturated carbocycles. The molecule has 0 aliphatic rings. The third kappa shape index (κ3) is 5.47. The van der Waals surface area contributed by atoms with Crippen molar-refractivity contribution in [2.75, 3.05) is 13.6 Å². The number of hydrogen-bond donors (Lipinski definition) is 2. The molecule has 19 heavy (non-hydrogen) atoms. The largest absolute Gasteiger partial charge is 0.359 e. The van der Waals surface area contributed by atoms with E-state index in [2.05, 4.69) is 47.5 Å². The average molecular weight is 265 g/mol. The number of amides is 1. The molecule has 0 aliphatic heterocycles. The van der Waals surface area contributed by atoms with Gasteiger partial charge in [-0.3, -0.25) is 4.79 Å². The first-order valence-electron chi connectivity index (χ1n) is 7.30. The van der Waals surface area contributed by atoms with Crippen LogP contribution < -0.4 is 10.6 Å². The van der Waals surface area contributed by atoms with Gasteiger partial charge in [-0.15, -0.1) is 0 Å². The van der Waals surface area contributed by atoms with Crippen molar-refractivity contribution in [2.24, 2.45) is 0 Å². The summed E-state index contributed by atoms with van der Waals surface area (Å²) in [6.45, 7) is 6.19.